The average Bonchev–Trinajstić information content (AvgIpc) is 3.06. The Morgan fingerprint density at radius 1 is 1.38 bits per heavy atom. The normalized spacial score (nSPS) is 10.9. The van der Waals surface area contributed by atoms with E-state index in [4.69, 9.17) is 0 Å². The minimum Gasteiger partial charge on any atom is -0.318 e. The van der Waals surface area contributed by atoms with Crippen LogP contribution in [0, 0.1) is 6.92 Å². The zero-order valence-electron chi connectivity index (χ0n) is 12.4. The molecule has 2 rings (SSSR count). The number of urea groups is 1. The minimum absolute atomic E-state index is 0.115. The number of carbonyl (C=O) groups excluding carboxylic acids is 1. The maximum Gasteiger partial charge on any atom is 0.322 e. The minimum atomic E-state index is -0.115. The smallest absolute Gasteiger partial charge is 0.318 e. The van der Waals surface area contributed by atoms with Gasteiger partial charge in [0.15, 0.2) is 0 Å². The summed E-state index contributed by atoms with van der Waals surface area (Å²) in [5.74, 6) is 0. The number of rotatable bonds is 6. The van der Waals surface area contributed by atoms with Gasteiger partial charge >= 0.3 is 6.03 Å². The van der Waals surface area contributed by atoms with E-state index in [0.717, 1.165) is 6.54 Å². The molecule has 0 saturated heterocycles. The van der Waals surface area contributed by atoms with Crippen molar-refractivity contribution in [1.29, 1.82) is 0 Å². The summed E-state index contributed by atoms with van der Waals surface area (Å²) in [6.45, 7) is 4.18. The van der Waals surface area contributed by atoms with Crippen LogP contribution in [0.5, 0.6) is 0 Å². The van der Waals surface area contributed by atoms with Crippen LogP contribution >= 0.6 is 22.9 Å². The third-order valence-corrected chi connectivity index (χ3v) is 4.59. The second-order valence-corrected chi connectivity index (χ2v) is 6.75. The maximum atomic E-state index is 12.4. The van der Waals surface area contributed by atoms with E-state index in [9.17, 15) is 4.79 Å². The highest BCUT2D eigenvalue weighted by molar-refractivity contribution is 7.10. The van der Waals surface area contributed by atoms with Crippen molar-refractivity contribution in [3.63, 3.8) is 0 Å². The Kier molecular flexibility index (Phi) is 5.66. The molecule has 1 N–H and O–H groups in total. The van der Waals surface area contributed by atoms with Crippen molar-refractivity contribution in [2.24, 2.45) is 0 Å². The number of amides is 2. The molecule has 2 aromatic heterocycles. The van der Waals surface area contributed by atoms with Crippen LogP contribution < -0.4 is 5.32 Å². The first-order valence-electron chi connectivity index (χ1n) is 6.57. The molecule has 0 unspecified atom stereocenters. The lowest BCUT2D eigenvalue weighted by molar-refractivity contribution is 0.203. The third kappa shape index (κ3) is 4.76. The number of thiophene rings is 1. The summed E-state index contributed by atoms with van der Waals surface area (Å²) in [7, 11) is 4.00. The van der Waals surface area contributed by atoms with E-state index in [0.29, 0.717) is 18.1 Å². The summed E-state index contributed by atoms with van der Waals surface area (Å²) in [5.41, 5.74) is 1.22. The molecular formula is C13H19N5OS2. The Morgan fingerprint density at radius 2 is 2.19 bits per heavy atom. The Bertz CT molecular complexity index is 567. The summed E-state index contributed by atoms with van der Waals surface area (Å²) in [6.07, 6.45) is 1.56. The fourth-order valence-electron chi connectivity index (χ4n) is 1.72. The standard InChI is InChI=1S/C13H19N5OS2/c1-10-4-7-20-11(10)9-18(6-5-17(2)3)13(19)15-12-8-14-16-21-12/h4,7-8H,5-6,9H2,1-3H3,(H,15,19). The lowest BCUT2D eigenvalue weighted by Crippen LogP contribution is -2.38. The molecule has 0 radical (unpaired) electrons. The topological polar surface area (TPSA) is 61.4 Å². The maximum absolute atomic E-state index is 12.4. The van der Waals surface area contributed by atoms with Crippen LogP contribution in [0.15, 0.2) is 17.6 Å². The molecule has 0 fully saturated rings. The van der Waals surface area contributed by atoms with Gasteiger partial charge in [-0.3, -0.25) is 5.32 Å². The molecular weight excluding hydrogens is 306 g/mol. The van der Waals surface area contributed by atoms with Crippen LogP contribution in [0.25, 0.3) is 0 Å². The molecule has 0 aliphatic carbocycles. The van der Waals surface area contributed by atoms with Crippen molar-refractivity contribution in [3.05, 3.63) is 28.1 Å². The molecule has 2 aromatic rings. The van der Waals surface area contributed by atoms with E-state index in [1.54, 1.807) is 17.5 Å². The molecule has 114 valence electrons. The number of carbonyl (C=O) groups is 1. The van der Waals surface area contributed by atoms with Crippen molar-refractivity contribution in [3.8, 4) is 0 Å². The highest BCUT2D eigenvalue weighted by Gasteiger charge is 2.16. The van der Waals surface area contributed by atoms with Crippen molar-refractivity contribution in [2.75, 3.05) is 32.5 Å². The number of hydrogen-bond donors (Lipinski definition) is 1. The van der Waals surface area contributed by atoms with Gasteiger partial charge < -0.3 is 9.80 Å². The first kappa shape index (κ1) is 15.9. The Balaban J connectivity index is 2.03. The van der Waals surface area contributed by atoms with E-state index in [-0.39, 0.29) is 6.03 Å². The number of anilines is 1. The van der Waals surface area contributed by atoms with Gasteiger partial charge in [0.25, 0.3) is 0 Å². The van der Waals surface area contributed by atoms with Gasteiger partial charge in [0.1, 0.15) is 5.00 Å². The fourth-order valence-corrected chi connectivity index (χ4v) is 3.05. The largest absolute Gasteiger partial charge is 0.322 e. The van der Waals surface area contributed by atoms with E-state index in [2.05, 4.69) is 38.2 Å². The molecule has 8 heteroatoms. The zero-order chi connectivity index (χ0) is 15.2. The first-order valence-corrected chi connectivity index (χ1v) is 8.22. The number of aryl methyl sites for hydroxylation is 1. The number of nitrogens with one attached hydrogen (secondary N) is 1. The predicted molar refractivity (Wildman–Crippen MR) is 86.9 cm³/mol. The Morgan fingerprint density at radius 3 is 2.76 bits per heavy atom. The van der Waals surface area contributed by atoms with Gasteiger partial charge in [-0.15, -0.1) is 16.4 Å². The summed E-state index contributed by atoms with van der Waals surface area (Å²) in [4.78, 5) is 17.5. The van der Waals surface area contributed by atoms with Crippen LogP contribution in [0.2, 0.25) is 0 Å². The van der Waals surface area contributed by atoms with Crippen molar-refractivity contribution in [2.45, 2.75) is 13.5 Å². The summed E-state index contributed by atoms with van der Waals surface area (Å²) in [5, 5.41) is 9.29. The molecule has 0 aromatic carbocycles. The summed E-state index contributed by atoms with van der Waals surface area (Å²) < 4.78 is 3.75. The van der Waals surface area contributed by atoms with Crippen LogP contribution in [-0.2, 0) is 6.54 Å². The predicted octanol–water partition coefficient (Wildman–Crippen LogP) is 2.50. The highest BCUT2D eigenvalue weighted by Crippen LogP contribution is 2.19. The SMILES string of the molecule is Cc1ccsc1CN(CCN(C)C)C(=O)Nc1cnns1. The van der Waals surface area contributed by atoms with E-state index >= 15 is 0 Å². The number of aromatic nitrogens is 2. The quantitative estimate of drug-likeness (QED) is 0.886. The lowest BCUT2D eigenvalue weighted by Gasteiger charge is -2.24. The van der Waals surface area contributed by atoms with Gasteiger partial charge in [-0.05, 0) is 38.0 Å². The lowest BCUT2D eigenvalue weighted by atomic mass is 10.3. The molecule has 6 nitrogen and oxygen atoms in total. The van der Waals surface area contributed by atoms with Gasteiger partial charge in [0.05, 0.1) is 12.7 Å². The fraction of sp³-hybridized carbons (Fsp3) is 0.462. The van der Waals surface area contributed by atoms with Gasteiger partial charge in [0, 0.05) is 29.5 Å². The molecule has 0 spiro atoms. The molecule has 0 atom stereocenters. The Labute approximate surface area is 132 Å². The molecule has 0 bridgehead atoms. The van der Waals surface area contributed by atoms with Crippen molar-refractivity contribution < 1.29 is 4.79 Å². The molecule has 2 heterocycles. The third-order valence-electron chi connectivity index (χ3n) is 3.00. The second kappa shape index (κ2) is 7.48. The molecule has 21 heavy (non-hydrogen) atoms. The highest BCUT2D eigenvalue weighted by atomic mass is 32.1. The van der Waals surface area contributed by atoms with E-state index < -0.39 is 0 Å². The van der Waals surface area contributed by atoms with Crippen LogP contribution in [0.1, 0.15) is 10.4 Å². The van der Waals surface area contributed by atoms with Crippen LogP contribution in [0.4, 0.5) is 9.80 Å². The van der Waals surface area contributed by atoms with Crippen LogP contribution in [-0.4, -0.2) is 52.6 Å². The molecule has 2 amide bonds. The number of likely N-dealkylation sites (N-methyl/N-ethyl adjacent to an activating group) is 1. The van der Waals surface area contributed by atoms with Gasteiger partial charge in [0.2, 0.25) is 0 Å². The van der Waals surface area contributed by atoms with E-state index in [1.807, 2.05) is 19.0 Å². The summed E-state index contributed by atoms with van der Waals surface area (Å²) in [6, 6.07) is 1.96. The number of nitrogens with zero attached hydrogens (tertiary/aromatic N) is 4. The molecule has 0 aliphatic rings. The Hall–Kier alpha value is -1.51. The van der Waals surface area contributed by atoms with Gasteiger partial charge in [-0.2, -0.15) is 0 Å². The summed E-state index contributed by atoms with van der Waals surface area (Å²) >= 11 is 2.86. The van der Waals surface area contributed by atoms with Gasteiger partial charge in [-0.1, -0.05) is 4.49 Å². The average molecular weight is 325 g/mol. The number of hydrogen-bond acceptors (Lipinski definition) is 6. The van der Waals surface area contributed by atoms with Crippen molar-refractivity contribution in [1.82, 2.24) is 19.4 Å². The zero-order valence-corrected chi connectivity index (χ0v) is 14.0. The van der Waals surface area contributed by atoms with Crippen LogP contribution in [0.3, 0.4) is 0 Å². The van der Waals surface area contributed by atoms with E-state index in [1.165, 1.54) is 22.0 Å². The second-order valence-electron chi connectivity index (χ2n) is 4.96. The molecule has 0 saturated carbocycles. The first-order chi connectivity index (χ1) is 10.1. The molecule has 0 aliphatic heterocycles. The van der Waals surface area contributed by atoms with Gasteiger partial charge in [-0.25, -0.2) is 4.79 Å². The monoisotopic (exact) mass is 325 g/mol. The van der Waals surface area contributed by atoms with Crippen molar-refractivity contribution >= 4 is 33.9 Å².